The van der Waals surface area contributed by atoms with Gasteiger partial charge in [0.1, 0.15) is 0 Å². The lowest BCUT2D eigenvalue weighted by Gasteiger charge is -2.20. The molecule has 4 aliphatic carbocycles. The molecule has 5 fully saturated rings. The van der Waals surface area contributed by atoms with E-state index in [-0.39, 0.29) is 0 Å². The number of fused-ring (bicyclic) bond motifs is 5. The summed E-state index contributed by atoms with van der Waals surface area (Å²) >= 11 is 0. The predicted octanol–water partition coefficient (Wildman–Crippen LogP) is 1.86. The van der Waals surface area contributed by atoms with E-state index in [2.05, 4.69) is 10.2 Å². The lowest BCUT2D eigenvalue weighted by molar-refractivity contribution is 0.260. The van der Waals surface area contributed by atoms with Gasteiger partial charge in [0.15, 0.2) is 0 Å². The van der Waals surface area contributed by atoms with Crippen molar-refractivity contribution in [2.24, 2.45) is 23.7 Å². The van der Waals surface area contributed by atoms with Crippen LogP contribution in [0.4, 0.5) is 0 Å². The summed E-state index contributed by atoms with van der Waals surface area (Å²) in [6, 6.07) is 2.77. The van der Waals surface area contributed by atoms with E-state index in [1.807, 2.05) is 0 Å². The molecule has 94 valence electrons. The quantitative estimate of drug-likeness (QED) is 0.799. The molecule has 4 saturated carbocycles. The Kier molecular flexibility index (Phi) is 1.88. The molecule has 2 bridgehead atoms. The molecule has 1 aliphatic heterocycles. The van der Waals surface area contributed by atoms with Gasteiger partial charge in [-0.3, -0.25) is 4.90 Å². The molecule has 5 atom stereocenters. The summed E-state index contributed by atoms with van der Waals surface area (Å²) in [5.74, 6) is 4.58. The standard InChI is InChI=1S/C15H24N2/c1-2-10-7-9(1)13-14(10)15(13)17-6-5-12(8-17)16-11-3-4-11/h9-16H,1-8H2. The Labute approximate surface area is 104 Å². The van der Waals surface area contributed by atoms with Crippen LogP contribution in [0.5, 0.6) is 0 Å². The first-order valence-electron chi connectivity index (χ1n) is 7.90. The molecule has 2 nitrogen and oxygen atoms in total. The summed E-state index contributed by atoms with van der Waals surface area (Å²) in [6.45, 7) is 2.76. The van der Waals surface area contributed by atoms with Gasteiger partial charge in [-0.05, 0) is 62.2 Å². The number of nitrogens with one attached hydrogen (secondary N) is 1. The molecule has 1 heterocycles. The Morgan fingerprint density at radius 1 is 0.824 bits per heavy atom. The van der Waals surface area contributed by atoms with Crippen molar-refractivity contribution in [3.8, 4) is 0 Å². The fourth-order valence-corrected chi connectivity index (χ4v) is 5.54. The van der Waals surface area contributed by atoms with Gasteiger partial charge in [0.25, 0.3) is 0 Å². The van der Waals surface area contributed by atoms with Gasteiger partial charge in [0, 0.05) is 31.2 Å². The van der Waals surface area contributed by atoms with Crippen LogP contribution in [0.2, 0.25) is 0 Å². The highest BCUT2D eigenvalue weighted by molar-refractivity contribution is 5.18. The van der Waals surface area contributed by atoms with E-state index in [4.69, 9.17) is 0 Å². The monoisotopic (exact) mass is 232 g/mol. The number of nitrogens with zero attached hydrogens (tertiary/aromatic N) is 1. The van der Waals surface area contributed by atoms with E-state index in [1.54, 1.807) is 19.3 Å². The van der Waals surface area contributed by atoms with Crippen LogP contribution in [0, 0.1) is 23.7 Å². The Morgan fingerprint density at radius 2 is 1.59 bits per heavy atom. The summed E-state index contributed by atoms with van der Waals surface area (Å²) in [4.78, 5) is 2.86. The van der Waals surface area contributed by atoms with Crippen LogP contribution in [0.1, 0.15) is 38.5 Å². The maximum atomic E-state index is 3.83. The molecule has 0 aromatic carbocycles. The minimum atomic E-state index is 0.835. The van der Waals surface area contributed by atoms with Crippen molar-refractivity contribution in [2.75, 3.05) is 13.1 Å². The average molecular weight is 232 g/mol. The topological polar surface area (TPSA) is 15.3 Å². The molecule has 0 aromatic rings. The normalized spacial score (nSPS) is 56.5. The summed E-state index contributed by atoms with van der Waals surface area (Å²) < 4.78 is 0. The van der Waals surface area contributed by atoms with Crippen molar-refractivity contribution in [3.63, 3.8) is 0 Å². The third-order valence-electron chi connectivity index (χ3n) is 6.38. The van der Waals surface area contributed by atoms with Gasteiger partial charge in [-0.15, -0.1) is 0 Å². The second kappa shape index (κ2) is 3.27. The SMILES string of the molecule is C1CC1NC1CCN(C2C3C4CCC(C4)C32)C1. The molecule has 2 heteroatoms. The lowest BCUT2D eigenvalue weighted by atomic mass is 10.0. The second-order valence-electron chi connectivity index (χ2n) is 7.40. The van der Waals surface area contributed by atoms with Gasteiger partial charge >= 0.3 is 0 Å². The van der Waals surface area contributed by atoms with Crippen molar-refractivity contribution in [3.05, 3.63) is 0 Å². The highest BCUT2D eigenvalue weighted by Gasteiger charge is 2.66. The fourth-order valence-electron chi connectivity index (χ4n) is 5.54. The molecular formula is C15H24N2. The zero-order valence-electron chi connectivity index (χ0n) is 10.6. The zero-order valence-corrected chi connectivity index (χ0v) is 10.6. The van der Waals surface area contributed by atoms with Gasteiger partial charge in [-0.2, -0.15) is 0 Å². The van der Waals surface area contributed by atoms with Crippen LogP contribution in [-0.4, -0.2) is 36.1 Å². The molecule has 0 amide bonds. The first kappa shape index (κ1) is 9.80. The van der Waals surface area contributed by atoms with Crippen molar-refractivity contribution >= 4 is 0 Å². The molecule has 0 radical (unpaired) electrons. The van der Waals surface area contributed by atoms with E-state index in [1.165, 1.54) is 32.4 Å². The molecule has 5 rings (SSSR count). The van der Waals surface area contributed by atoms with Gasteiger partial charge < -0.3 is 5.32 Å². The van der Waals surface area contributed by atoms with Crippen LogP contribution in [0.15, 0.2) is 0 Å². The summed E-state index contributed by atoms with van der Waals surface area (Å²) in [6.07, 6.45) is 9.04. The highest BCUT2D eigenvalue weighted by Crippen LogP contribution is 2.67. The highest BCUT2D eigenvalue weighted by atomic mass is 15.3. The second-order valence-corrected chi connectivity index (χ2v) is 7.40. The van der Waals surface area contributed by atoms with Crippen molar-refractivity contribution < 1.29 is 0 Å². The van der Waals surface area contributed by atoms with Gasteiger partial charge in [-0.25, -0.2) is 0 Å². The maximum Gasteiger partial charge on any atom is 0.0209 e. The van der Waals surface area contributed by atoms with E-state index in [9.17, 15) is 0 Å². The number of hydrogen-bond acceptors (Lipinski definition) is 2. The molecule has 0 spiro atoms. The molecule has 17 heavy (non-hydrogen) atoms. The third kappa shape index (κ3) is 1.40. The smallest absolute Gasteiger partial charge is 0.0209 e. The van der Waals surface area contributed by atoms with Gasteiger partial charge in [-0.1, -0.05) is 0 Å². The molecule has 1 saturated heterocycles. The van der Waals surface area contributed by atoms with E-state index >= 15 is 0 Å². The van der Waals surface area contributed by atoms with Crippen molar-refractivity contribution in [1.29, 1.82) is 0 Å². The van der Waals surface area contributed by atoms with Crippen LogP contribution in [0.25, 0.3) is 0 Å². The molecular weight excluding hydrogens is 208 g/mol. The van der Waals surface area contributed by atoms with Gasteiger partial charge in [0.2, 0.25) is 0 Å². The zero-order chi connectivity index (χ0) is 11.0. The largest absolute Gasteiger partial charge is 0.310 e. The average Bonchev–Trinajstić information content (AvgIpc) is 3.15. The lowest BCUT2D eigenvalue weighted by Crippen LogP contribution is -2.35. The summed E-state index contributed by atoms with van der Waals surface area (Å²) in [5.41, 5.74) is 0. The Morgan fingerprint density at radius 3 is 2.29 bits per heavy atom. The molecule has 0 aromatic heterocycles. The Hall–Kier alpha value is -0.0800. The maximum absolute atomic E-state index is 3.83. The van der Waals surface area contributed by atoms with Crippen LogP contribution < -0.4 is 5.32 Å². The first-order chi connectivity index (χ1) is 8.40. The van der Waals surface area contributed by atoms with E-state index in [0.717, 1.165) is 41.8 Å². The number of likely N-dealkylation sites (tertiary alicyclic amines) is 1. The van der Waals surface area contributed by atoms with Gasteiger partial charge in [0.05, 0.1) is 0 Å². The van der Waals surface area contributed by atoms with E-state index in [0.29, 0.717) is 0 Å². The fraction of sp³-hybridized carbons (Fsp3) is 1.00. The van der Waals surface area contributed by atoms with Crippen molar-refractivity contribution in [2.45, 2.75) is 56.7 Å². The summed E-state index contributed by atoms with van der Waals surface area (Å²) in [5, 5.41) is 3.83. The number of hydrogen-bond donors (Lipinski definition) is 1. The molecule has 5 unspecified atom stereocenters. The minimum absolute atomic E-state index is 0.835. The number of rotatable bonds is 3. The third-order valence-corrected chi connectivity index (χ3v) is 6.38. The Balaban J connectivity index is 1.24. The first-order valence-corrected chi connectivity index (χ1v) is 7.90. The molecule has 1 N–H and O–H groups in total. The molecule has 5 aliphatic rings. The predicted molar refractivity (Wildman–Crippen MR) is 67.7 cm³/mol. The van der Waals surface area contributed by atoms with Crippen molar-refractivity contribution in [1.82, 2.24) is 10.2 Å². The van der Waals surface area contributed by atoms with Crippen LogP contribution in [-0.2, 0) is 0 Å². The van der Waals surface area contributed by atoms with Crippen LogP contribution in [0.3, 0.4) is 0 Å². The van der Waals surface area contributed by atoms with Crippen LogP contribution >= 0.6 is 0 Å². The Bertz CT molecular complexity index is 322. The summed E-state index contributed by atoms with van der Waals surface area (Å²) in [7, 11) is 0. The van der Waals surface area contributed by atoms with E-state index < -0.39 is 0 Å². The minimum Gasteiger partial charge on any atom is -0.310 e.